The van der Waals surface area contributed by atoms with Gasteiger partial charge >= 0.3 is 0 Å². The van der Waals surface area contributed by atoms with Crippen LogP contribution in [0.25, 0.3) is 0 Å². The van der Waals surface area contributed by atoms with Crippen LogP contribution < -0.4 is 14.5 Å². The molecule has 0 aliphatic carbocycles. The standard InChI is InChI=1S/C25H28N6O3S/c1-3-4-18-15-26-25(27-16-18)30-10-8-20(9-11-30)34-24-14-23(28-17-29-24)31-12-7-19-13-21(35(2,32)33)5-6-22(19)31/h3,5-6,13-17,20H,1,4,7-12H2,2H3. The van der Waals surface area contributed by atoms with Crippen LogP contribution in [0.4, 0.5) is 17.5 Å². The van der Waals surface area contributed by atoms with Crippen LogP contribution in [0.5, 0.6) is 5.88 Å². The van der Waals surface area contributed by atoms with Gasteiger partial charge in [-0.05, 0) is 42.2 Å². The van der Waals surface area contributed by atoms with E-state index >= 15 is 0 Å². The lowest BCUT2D eigenvalue weighted by Gasteiger charge is -2.32. The normalized spacial score (nSPS) is 16.3. The van der Waals surface area contributed by atoms with Crippen molar-refractivity contribution in [1.82, 2.24) is 19.9 Å². The van der Waals surface area contributed by atoms with Crippen LogP contribution >= 0.6 is 0 Å². The number of ether oxygens (including phenoxy) is 1. The first-order valence-electron chi connectivity index (χ1n) is 11.7. The van der Waals surface area contributed by atoms with E-state index in [4.69, 9.17) is 4.74 Å². The van der Waals surface area contributed by atoms with E-state index in [0.717, 1.165) is 73.9 Å². The summed E-state index contributed by atoms with van der Waals surface area (Å²) >= 11 is 0. The Labute approximate surface area is 205 Å². The Morgan fingerprint density at radius 3 is 2.57 bits per heavy atom. The van der Waals surface area contributed by atoms with E-state index in [0.29, 0.717) is 10.8 Å². The quantitative estimate of drug-likeness (QED) is 0.460. The van der Waals surface area contributed by atoms with Gasteiger partial charge in [0, 0.05) is 62.9 Å². The number of piperidine rings is 1. The zero-order valence-electron chi connectivity index (χ0n) is 19.7. The smallest absolute Gasteiger partial charge is 0.225 e. The second-order valence-corrected chi connectivity index (χ2v) is 10.9. The largest absolute Gasteiger partial charge is 0.474 e. The Morgan fingerprint density at radius 2 is 1.86 bits per heavy atom. The van der Waals surface area contributed by atoms with Gasteiger partial charge in [0.25, 0.3) is 0 Å². The lowest BCUT2D eigenvalue weighted by molar-refractivity contribution is 0.163. The Morgan fingerprint density at radius 1 is 1.09 bits per heavy atom. The van der Waals surface area contributed by atoms with Crippen molar-refractivity contribution in [2.45, 2.75) is 36.7 Å². The summed E-state index contributed by atoms with van der Waals surface area (Å²) in [5.74, 6) is 2.03. The van der Waals surface area contributed by atoms with Gasteiger partial charge in [0.1, 0.15) is 18.2 Å². The summed E-state index contributed by atoms with van der Waals surface area (Å²) in [6.07, 6.45) is 11.6. The molecule has 0 atom stereocenters. The van der Waals surface area contributed by atoms with E-state index in [1.807, 2.05) is 30.6 Å². The molecule has 2 aliphatic rings. The molecule has 0 amide bonds. The number of allylic oxidation sites excluding steroid dienone is 1. The zero-order chi connectivity index (χ0) is 24.4. The molecule has 1 saturated heterocycles. The first kappa shape index (κ1) is 23.2. The predicted octanol–water partition coefficient (Wildman–Crippen LogP) is 3.14. The van der Waals surface area contributed by atoms with Gasteiger partial charge in [-0.15, -0.1) is 6.58 Å². The number of aromatic nitrogens is 4. The summed E-state index contributed by atoms with van der Waals surface area (Å²) in [7, 11) is -3.23. The van der Waals surface area contributed by atoms with Crippen molar-refractivity contribution in [1.29, 1.82) is 0 Å². The zero-order valence-corrected chi connectivity index (χ0v) is 20.5. The molecule has 2 aliphatic heterocycles. The third kappa shape index (κ3) is 5.12. The first-order valence-corrected chi connectivity index (χ1v) is 13.6. The van der Waals surface area contributed by atoms with Crippen LogP contribution in [0.15, 0.2) is 60.5 Å². The third-order valence-corrected chi connectivity index (χ3v) is 7.47. The number of nitrogens with zero attached hydrogens (tertiary/aromatic N) is 6. The summed E-state index contributed by atoms with van der Waals surface area (Å²) in [4.78, 5) is 22.3. The second-order valence-electron chi connectivity index (χ2n) is 8.87. The molecule has 3 aromatic rings. The number of anilines is 3. The predicted molar refractivity (Wildman–Crippen MR) is 134 cm³/mol. The molecule has 0 bridgehead atoms. The van der Waals surface area contributed by atoms with Crippen molar-refractivity contribution < 1.29 is 13.2 Å². The highest BCUT2D eigenvalue weighted by atomic mass is 32.2. The fourth-order valence-corrected chi connectivity index (χ4v) is 5.19. The highest BCUT2D eigenvalue weighted by Gasteiger charge is 2.25. The number of fused-ring (bicyclic) bond motifs is 1. The van der Waals surface area contributed by atoms with Gasteiger partial charge in [-0.1, -0.05) is 6.08 Å². The van der Waals surface area contributed by atoms with Crippen molar-refractivity contribution >= 4 is 27.3 Å². The fraction of sp³-hybridized carbons (Fsp3) is 0.360. The molecule has 1 aromatic carbocycles. The molecule has 1 fully saturated rings. The lowest BCUT2D eigenvalue weighted by Crippen LogP contribution is -2.39. The Kier molecular flexibility index (Phi) is 6.38. The van der Waals surface area contributed by atoms with Crippen LogP contribution in [0.3, 0.4) is 0 Å². The molecule has 5 rings (SSSR count). The van der Waals surface area contributed by atoms with Crippen molar-refractivity contribution in [3.63, 3.8) is 0 Å². The minimum absolute atomic E-state index is 0.0530. The molecular formula is C25H28N6O3S. The van der Waals surface area contributed by atoms with Gasteiger partial charge in [-0.3, -0.25) is 0 Å². The van der Waals surface area contributed by atoms with Gasteiger partial charge in [0.15, 0.2) is 9.84 Å². The molecule has 4 heterocycles. The monoisotopic (exact) mass is 492 g/mol. The maximum Gasteiger partial charge on any atom is 0.225 e. The minimum Gasteiger partial charge on any atom is -0.474 e. The van der Waals surface area contributed by atoms with Crippen molar-refractivity contribution in [3.8, 4) is 5.88 Å². The number of sulfone groups is 1. The van der Waals surface area contributed by atoms with Crippen molar-refractivity contribution in [3.05, 3.63) is 66.8 Å². The van der Waals surface area contributed by atoms with Crippen molar-refractivity contribution in [2.75, 3.05) is 35.7 Å². The van der Waals surface area contributed by atoms with E-state index in [2.05, 4.69) is 36.3 Å². The van der Waals surface area contributed by atoms with Crippen LogP contribution in [0.2, 0.25) is 0 Å². The molecular weight excluding hydrogens is 464 g/mol. The third-order valence-electron chi connectivity index (χ3n) is 6.36. The highest BCUT2D eigenvalue weighted by molar-refractivity contribution is 7.90. The van der Waals surface area contributed by atoms with Gasteiger partial charge in [0.05, 0.1) is 4.90 Å². The first-order chi connectivity index (χ1) is 16.9. The molecule has 0 radical (unpaired) electrons. The topological polar surface area (TPSA) is 101 Å². The molecule has 0 N–H and O–H groups in total. The maximum absolute atomic E-state index is 11.9. The van der Waals surface area contributed by atoms with Gasteiger partial charge < -0.3 is 14.5 Å². The van der Waals surface area contributed by atoms with Crippen LogP contribution in [-0.4, -0.2) is 60.3 Å². The number of hydrogen-bond acceptors (Lipinski definition) is 9. The SMILES string of the molecule is C=CCc1cnc(N2CCC(Oc3cc(N4CCc5cc(S(C)(=O)=O)ccc54)ncn3)CC2)nc1. The van der Waals surface area contributed by atoms with Gasteiger partial charge in [-0.2, -0.15) is 0 Å². The molecule has 10 heteroatoms. The summed E-state index contributed by atoms with van der Waals surface area (Å²) in [6, 6.07) is 7.11. The van der Waals surface area contributed by atoms with E-state index in [1.54, 1.807) is 12.1 Å². The Bertz CT molecular complexity index is 1320. The minimum atomic E-state index is -3.23. The summed E-state index contributed by atoms with van der Waals surface area (Å²) < 4.78 is 30.0. The number of benzene rings is 1. The molecule has 0 unspecified atom stereocenters. The van der Waals surface area contributed by atoms with E-state index in [1.165, 1.54) is 12.6 Å². The highest BCUT2D eigenvalue weighted by Crippen LogP contribution is 2.35. The van der Waals surface area contributed by atoms with Crippen LogP contribution in [0.1, 0.15) is 24.0 Å². The molecule has 9 nitrogen and oxygen atoms in total. The average Bonchev–Trinajstić information content (AvgIpc) is 3.28. The Balaban J connectivity index is 1.22. The number of rotatable bonds is 7. The molecule has 0 saturated carbocycles. The fourth-order valence-electron chi connectivity index (χ4n) is 4.52. The maximum atomic E-state index is 11.9. The summed E-state index contributed by atoms with van der Waals surface area (Å²) in [5.41, 5.74) is 3.02. The van der Waals surface area contributed by atoms with E-state index < -0.39 is 9.84 Å². The van der Waals surface area contributed by atoms with E-state index in [-0.39, 0.29) is 6.10 Å². The Hall–Kier alpha value is -3.53. The van der Waals surface area contributed by atoms with Gasteiger partial charge in [-0.25, -0.2) is 28.4 Å². The second kappa shape index (κ2) is 9.61. The average molecular weight is 493 g/mol. The molecule has 2 aromatic heterocycles. The molecule has 0 spiro atoms. The lowest BCUT2D eigenvalue weighted by atomic mass is 10.1. The van der Waals surface area contributed by atoms with Crippen LogP contribution in [0, 0.1) is 0 Å². The van der Waals surface area contributed by atoms with Crippen molar-refractivity contribution in [2.24, 2.45) is 0 Å². The number of hydrogen-bond donors (Lipinski definition) is 0. The molecule has 182 valence electrons. The van der Waals surface area contributed by atoms with Crippen LogP contribution in [-0.2, 0) is 22.7 Å². The summed E-state index contributed by atoms with van der Waals surface area (Å²) in [5, 5.41) is 0. The van der Waals surface area contributed by atoms with Gasteiger partial charge in [0.2, 0.25) is 11.8 Å². The van der Waals surface area contributed by atoms with E-state index in [9.17, 15) is 8.42 Å². The molecule has 35 heavy (non-hydrogen) atoms. The summed E-state index contributed by atoms with van der Waals surface area (Å²) in [6.45, 7) is 6.10.